The molecule has 2 aromatic carbocycles. The van der Waals surface area contributed by atoms with Crippen LogP contribution in [-0.2, 0) is 0 Å². The summed E-state index contributed by atoms with van der Waals surface area (Å²) in [6.45, 7) is 6.67. The quantitative estimate of drug-likeness (QED) is 0.711. The molecule has 2 atom stereocenters. The Balaban J connectivity index is 2.12. The molecule has 0 aliphatic carbocycles. The molecule has 2 unspecified atom stereocenters. The Morgan fingerprint density at radius 3 is 2.48 bits per heavy atom. The van der Waals surface area contributed by atoms with Gasteiger partial charge in [-0.15, -0.1) is 0 Å². The summed E-state index contributed by atoms with van der Waals surface area (Å²) in [5.74, 6) is 1.95. The smallest absolute Gasteiger partial charge is 0.115 e. The fraction of sp³-hybridized carbons (Fsp3) is 0.316. The lowest BCUT2D eigenvalue weighted by Crippen LogP contribution is -2.12. The van der Waals surface area contributed by atoms with Crippen molar-refractivity contribution in [3.8, 4) is 0 Å². The van der Waals surface area contributed by atoms with Crippen molar-refractivity contribution >= 4 is 11.0 Å². The molecule has 0 spiro atoms. The second-order valence-corrected chi connectivity index (χ2v) is 5.87. The normalized spacial score (nSPS) is 14.2. The first-order chi connectivity index (χ1) is 10.2. The predicted molar refractivity (Wildman–Crippen MR) is 88.6 cm³/mol. The van der Waals surface area contributed by atoms with Crippen molar-refractivity contribution in [3.05, 3.63) is 65.5 Å². The number of imidazole rings is 1. The van der Waals surface area contributed by atoms with Gasteiger partial charge in [0.2, 0.25) is 0 Å². The minimum Gasteiger partial charge on any atom is -0.341 e. The third-order valence-electron chi connectivity index (χ3n) is 4.40. The van der Waals surface area contributed by atoms with E-state index in [0.29, 0.717) is 11.8 Å². The lowest BCUT2D eigenvalue weighted by molar-refractivity contribution is 0.482. The molecule has 2 nitrogen and oxygen atoms in total. The second kappa shape index (κ2) is 5.72. The first-order valence-corrected chi connectivity index (χ1v) is 7.71. The van der Waals surface area contributed by atoms with Crippen molar-refractivity contribution in [1.29, 1.82) is 0 Å². The summed E-state index contributed by atoms with van der Waals surface area (Å²) in [4.78, 5) is 8.44. The number of hydrogen-bond donors (Lipinski definition) is 1. The van der Waals surface area contributed by atoms with E-state index < -0.39 is 0 Å². The van der Waals surface area contributed by atoms with Crippen molar-refractivity contribution in [2.24, 2.45) is 5.92 Å². The minimum atomic E-state index is 0.322. The molecule has 0 saturated carbocycles. The molecule has 0 saturated heterocycles. The third-order valence-corrected chi connectivity index (χ3v) is 4.40. The highest BCUT2D eigenvalue weighted by Crippen LogP contribution is 2.33. The Hall–Kier alpha value is -2.09. The Morgan fingerprint density at radius 2 is 1.81 bits per heavy atom. The molecule has 21 heavy (non-hydrogen) atoms. The summed E-state index contributed by atoms with van der Waals surface area (Å²) in [5, 5.41) is 0. The average Bonchev–Trinajstić information content (AvgIpc) is 2.93. The number of benzene rings is 2. The summed E-state index contributed by atoms with van der Waals surface area (Å²) < 4.78 is 0. The number of aryl methyl sites for hydroxylation is 1. The van der Waals surface area contributed by atoms with Gasteiger partial charge in [-0.2, -0.15) is 0 Å². The van der Waals surface area contributed by atoms with Crippen LogP contribution in [0, 0.1) is 12.8 Å². The number of nitrogens with one attached hydrogen (secondary N) is 1. The zero-order valence-corrected chi connectivity index (χ0v) is 12.9. The Labute approximate surface area is 126 Å². The van der Waals surface area contributed by atoms with Gasteiger partial charge in [0, 0.05) is 5.92 Å². The van der Waals surface area contributed by atoms with E-state index in [9.17, 15) is 0 Å². The second-order valence-electron chi connectivity index (χ2n) is 5.87. The minimum absolute atomic E-state index is 0.322. The molecule has 3 aromatic rings. The van der Waals surface area contributed by atoms with Gasteiger partial charge in [0.1, 0.15) is 5.82 Å². The number of para-hydroxylation sites is 1. The highest BCUT2D eigenvalue weighted by Gasteiger charge is 2.23. The van der Waals surface area contributed by atoms with E-state index in [-0.39, 0.29) is 0 Å². The van der Waals surface area contributed by atoms with Crippen LogP contribution < -0.4 is 0 Å². The predicted octanol–water partition coefficient (Wildman–Crippen LogP) is 5.05. The van der Waals surface area contributed by atoms with Gasteiger partial charge in [-0.1, -0.05) is 62.7 Å². The zero-order valence-electron chi connectivity index (χ0n) is 12.9. The van der Waals surface area contributed by atoms with Gasteiger partial charge in [0.15, 0.2) is 0 Å². The molecule has 3 rings (SSSR count). The number of H-pyrrole nitrogens is 1. The van der Waals surface area contributed by atoms with Crippen LogP contribution in [0.3, 0.4) is 0 Å². The molecule has 1 aromatic heterocycles. The SMILES string of the molecule is CCC(C)C(c1ccccc1)c1nc2c(C)cccc2[nH]1. The van der Waals surface area contributed by atoms with Gasteiger partial charge < -0.3 is 4.98 Å². The Kier molecular flexibility index (Phi) is 3.78. The molecule has 0 bridgehead atoms. The first kappa shape index (κ1) is 13.9. The van der Waals surface area contributed by atoms with Gasteiger partial charge in [-0.3, -0.25) is 0 Å². The van der Waals surface area contributed by atoms with Crippen molar-refractivity contribution < 1.29 is 0 Å². The van der Waals surface area contributed by atoms with E-state index in [1.54, 1.807) is 0 Å². The van der Waals surface area contributed by atoms with Crippen LogP contribution in [0.2, 0.25) is 0 Å². The highest BCUT2D eigenvalue weighted by atomic mass is 14.9. The van der Waals surface area contributed by atoms with Crippen LogP contribution in [0.1, 0.15) is 43.1 Å². The molecular formula is C19H22N2. The van der Waals surface area contributed by atoms with E-state index in [1.807, 2.05) is 0 Å². The fourth-order valence-electron chi connectivity index (χ4n) is 2.99. The molecule has 0 fully saturated rings. The molecule has 0 radical (unpaired) electrons. The van der Waals surface area contributed by atoms with Crippen LogP contribution >= 0.6 is 0 Å². The summed E-state index contributed by atoms with van der Waals surface area (Å²) in [6.07, 6.45) is 1.13. The monoisotopic (exact) mass is 278 g/mol. The summed E-state index contributed by atoms with van der Waals surface area (Å²) in [5.41, 5.74) is 4.79. The molecule has 108 valence electrons. The number of aromatic nitrogens is 2. The van der Waals surface area contributed by atoms with Gasteiger partial charge in [0.25, 0.3) is 0 Å². The number of nitrogens with zero attached hydrogens (tertiary/aromatic N) is 1. The van der Waals surface area contributed by atoms with Crippen LogP contribution in [0.15, 0.2) is 48.5 Å². The van der Waals surface area contributed by atoms with Crippen LogP contribution in [0.5, 0.6) is 0 Å². The molecule has 0 amide bonds. The van der Waals surface area contributed by atoms with Crippen LogP contribution in [0.4, 0.5) is 0 Å². The van der Waals surface area contributed by atoms with Gasteiger partial charge in [0.05, 0.1) is 11.0 Å². The maximum atomic E-state index is 4.90. The molecular weight excluding hydrogens is 256 g/mol. The number of rotatable bonds is 4. The maximum absolute atomic E-state index is 4.90. The first-order valence-electron chi connectivity index (χ1n) is 7.71. The van der Waals surface area contributed by atoms with Crippen LogP contribution in [-0.4, -0.2) is 9.97 Å². The lowest BCUT2D eigenvalue weighted by Gasteiger charge is -2.21. The zero-order chi connectivity index (χ0) is 14.8. The highest BCUT2D eigenvalue weighted by molar-refractivity contribution is 5.78. The van der Waals surface area contributed by atoms with E-state index in [2.05, 4.69) is 74.3 Å². The van der Waals surface area contributed by atoms with Crippen molar-refractivity contribution in [3.63, 3.8) is 0 Å². The van der Waals surface area contributed by atoms with E-state index in [0.717, 1.165) is 23.3 Å². The van der Waals surface area contributed by atoms with Crippen molar-refractivity contribution in [2.45, 2.75) is 33.1 Å². The summed E-state index contributed by atoms with van der Waals surface area (Å²) in [7, 11) is 0. The van der Waals surface area contributed by atoms with Gasteiger partial charge in [-0.05, 0) is 30.0 Å². The maximum Gasteiger partial charge on any atom is 0.115 e. The Bertz CT molecular complexity index is 728. The number of fused-ring (bicyclic) bond motifs is 1. The number of aromatic amines is 1. The van der Waals surface area contributed by atoms with Crippen molar-refractivity contribution in [2.75, 3.05) is 0 Å². The standard InChI is InChI=1S/C19H22N2/c1-4-13(2)17(15-10-6-5-7-11-15)19-20-16-12-8-9-14(3)18(16)21-19/h5-13,17H,4H2,1-3H3,(H,20,21). The third kappa shape index (κ3) is 2.58. The van der Waals surface area contributed by atoms with Crippen LogP contribution in [0.25, 0.3) is 11.0 Å². The lowest BCUT2D eigenvalue weighted by atomic mass is 9.85. The van der Waals surface area contributed by atoms with Gasteiger partial charge in [-0.25, -0.2) is 4.98 Å². The molecule has 0 aliphatic heterocycles. The number of hydrogen-bond acceptors (Lipinski definition) is 1. The molecule has 2 heteroatoms. The summed E-state index contributed by atoms with van der Waals surface area (Å²) in [6, 6.07) is 17.0. The topological polar surface area (TPSA) is 28.7 Å². The Morgan fingerprint density at radius 1 is 1.05 bits per heavy atom. The molecule has 0 aliphatic rings. The van der Waals surface area contributed by atoms with Crippen molar-refractivity contribution in [1.82, 2.24) is 9.97 Å². The fourth-order valence-corrected chi connectivity index (χ4v) is 2.99. The van der Waals surface area contributed by atoms with E-state index in [1.165, 1.54) is 11.1 Å². The van der Waals surface area contributed by atoms with E-state index in [4.69, 9.17) is 4.98 Å². The molecule has 1 N–H and O–H groups in total. The largest absolute Gasteiger partial charge is 0.341 e. The van der Waals surface area contributed by atoms with E-state index >= 15 is 0 Å². The van der Waals surface area contributed by atoms with Gasteiger partial charge >= 0.3 is 0 Å². The average molecular weight is 278 g/mol. The molecule has 1 heterocycles. The summed E-state index contributed by atoms with van der Waals surface area (Å²) >= 11 is 0.